The summed E-state index contributed by atoms with van der Waals surface area (Å²) < 4.78 is 13.0. The number of anilines is 1. The Labute approximate surface area is 170 Å². The van der Waals surface area contributed by atoms with Crippen LogP contribution in [0.5, 0.6) is 0 Å². The minimum absolute atomic E-state index is 0.0103. The third-order valence-corrected chi connectivity index (χ3v) is 5.48. The Morgan fingerprint density at radius 1 is 1.21 bits per heavy atom. The topological polar surface area (TPSA) is 81.9 Å². The minimum Gasteiger partial charge on any atom is -0.354 e. The van der Waals surface area contributed by atoms with Crippen molar-refractivity contribution in [3.63, 3.8) is 0 Å². The van der Waals surface area contributed by atoms with Gasteiger partial charge in [0.05, 0.1) is 5.69 Å². The molecular formula is C22H26FN5O. The van der Waals surface area contributed by atoms with Gasteiger partial charge in [-0.2, -0.15) is 10.4 Å². The Morgan fingerprint density at radius 3 is 2.48 bits per heavy atom. The summed E-state index contributed by atoms with van der Waals surface area (Å²) in [7, 11) is 0. The van der Waals surface area contributed by atoms with Gasteiger partial charge in [0.15, 0.2) is 5.82 Å². The van der Waals surface area contributed by atoms with Gasteiger partial charge in [-0.1, -0.05) is 26.0 Å². The third-order valence-electron chi connectivity index (χ3n) is 5.48. The van der Waals surface area contributed by atoms with Crippen LogP contribution in [0.25, 0.3) is 0 Å². The highest BCUT2D eigenvalue weighted by molar-refractivity contribution is 5.79. The van der Waals surface area contributed by atoms with Crippen molar-refractivity contribution in [1.29, 1.82) is 5.26 Å². The van der Waals surface area contributed by atoms with Crippen LogP contribution in [0.15, 0.2) is 24.3 Å². The van der Waals surface area contributed by atoms with Crippen LogP contribution in [0.1, 0.15) is 49.1 Å². The first kappa shape index (κ1) is 20.7. The quantitative estimate of drug-likeness (QED) is 0.813. The second kappa shape index (κ2) is 9.46. The van der Waals surface area contributed by atoms with Gasteiger partial charge >= 0.3 is 0 Å². The van der Waals surface area contributed by atoms with E-state index in [1.54, 1.807) is 12.1 Å². The average Bonchev–Trinajstić information content (AvgIpc) is 2.77. The highest BCUT2D eigenvalue weighted by Crippen LogP contribution is 2.27. The van der Waals surface area contributed by atoms with E-state index in [4.69, 9.17) is 0 Å². The summed E-state index contributed by atoms with van der Waals surface area (Å²) in [5.74, 6) is 0.277. The molecule has 1 aliphatic rings. The highest BCUT2D eigenvalue weighted by atomic mass is 19.1. The van der Waals surface area contributed by atoms with Crippen molar-refractivity contribution in [3.8, 4) is 6.07 Å². The molecule has 2 aromatic rings. The van der Waals surface area contributed by atoms with E-state index in [2.05, 4.69) is 26.5 Å². The lowest BCUT2D eigenvalue weighted by Gasteiger charge is -2.32. The van der Waals surface area contributed by atoms with Gasteiger partial charge in [0.1, 0.15) is 17.4 Å². The zero-order valence-corrected chi connectivity index (χ0v) is 16.9. The Balaban J connectivity index is 1.61. The molecule has 1 N–H and O–H groups in total. The summed E-state index contributed by atoms with van der Waals surface area (Å²) in [6, 6.07) is 8.44. The van der Waals surface area contributed by atoms with Crippen molar-refractivity contribution >= 4 is 11.7 Å². The Kier molecular flexibility index (Phi) is 6.76. The standard InChI is InChI=1S/C22H26FN5O/c1-3-18-19(13-24)21(27-26-20(18)4-2)28-11-9-16(10-12-28)22(29)25-14-15-5-7-17(23)8-6-15/h5-8,16H,3-4,9-12,14H2,1-2H3,(H,25,29). The van der Waals surface area contributed by atoms with Gasteiger partial charge in [-0.15, -0.1) is 5.10 Å². The molecule has 3 rings (SSSR count). The summed E-state index contributed by atoms with van der Waals surface area (Å²) in [5.41, 5.74) is 3.33. The molecule has 0 atom stereocenters. The molecule has 0 unspecified atom stereocenters. The van der Waals surface area contributed by atoms with E-state index in [1.807, 2.05) is 13.8 Å². The van der Waals surface area contributed by atoms with E-state index in [1.165, 1.54) is 12.1 Å². The lowest BCUT2D eigenvalue weighted by Crippen LogP contribution is -2.41. The number of carbonyl (C=O) groups excluding carboxylic acids is 1. The predicted octanol–water partition coefficient (Wildman–Crippen LogP) is 3.14. The van der Waals surface area contributed by atoms with Crippen molar-refractivity contribution in [2.45, 2.75) is 46.1 Å². The lowest BCUT2D eigenvalue weighted by atomic mass is 9.95. The Bertz CT molecular complexity index is 899. The van der Waals surface area contributed by atoms with Gasteiger partial charge in [-0.05, 0) is 48.9 Å². The maximum absolute atomic E-state index is 13.0. The molecule has 0 spiro atoms. The van der Waals surface area contributed by atoms with Crippen molar-refractivity contribution in [2.24, 2.45) is 5.92 Å². The number of piperidine rings is 1. The van der Waals surface area contributed by atoms with Gasteiger partial charge < -0.3 is 10.2 Å². The van der Waals surface area contributed by atoms with E-state index in [0.29, 0.717) is 43.9 Å². The van der Waals surface area contributed by atoms with E-state index < -0.39 is 0 Å². The van der Waals surface area contributed by atoms with Crippen LogP contribution in [-0.4, -0.2) is 29.2 Å². The average molecular weight is 395 g/mol. The normalized spacial score (nSPS) is 14.5. The summed E-state index contributed by atoms with van der Waals surface area (Å²) >= 11 is 0. The van der Waals surface area contributed by atoms with Crippen LogP contribution in [0.4, 0.5) is 10.2 Å². The lowest BCUT2D eigenvalue weighted by molar-refractivity contribution is -0.125. The van der Waals surface area contributed by atoms with E-state index in [0.717, 1.165) is 29.7 Å². The zero-order valence-electron chi connectivity index (χ0n) is 16.9. The molecule has 0 bridgehead atoms. The van der Waals surface area contributed by atoms with Gasteiger partial charge in [0.2, 0.25) is 5.91 Å². The molecule has 1 aromatic heterocycles. The maximum Gasteiger partial charge on any atom is 0.223 e. The number of aromatic nitrogens is 2. The number of nitrogens with one attached hydrogen (secondary N) is 1. The monoisotopic (exact) mass is 395 g/mol. The van der Waals surface area contributed by atoms with E-state index in [9.17, 15) is 14.4 Å². The fourth-order valence-corrected chi connectivity index (χ4v) is 3.79. The molecule has 29 heavy (non-hydrogen) atoms. The molecule has 1 aromatic carbocycles. The van der Waals surface area contributed by atoms with Crippen LogP contribution in [0.3, 0.4) is 0 Å². The Morgan fingerprint density at radius 2 is 1.90 bits per heavy atom. The van der Waals surface area contributed by atoms with Crippen molar-refractivity contribution in [2.75, 3.05) is 18.0 Å². The predicted molar refractivity (Wildman–Crippen MR) is 109 cm³/mol. The highest BCUT2D eigenvalue weighted by Gasteiger charge is 2.28. The van der Waals surface area contributed by atoms with Crippen molar-refractivity contribution < 1.29 is 9.18 Å². The van der Waals surface area contributed by atoms with E-state index >= 15 is 0 Å². The van der Waals surface area contributed by atoms with Gasteiger partial charge in [-0.3, -0.25) is 4.79 Å². The number of nitriles is 1. The van der Waals surface area contributed by atoms with Gasteiger partial charge in [0.25, 0.3) is 0 Å². The molecule has 0 saturated carbocycles. The second-order valence-electron chi connectivity index (χ2n) is 7.25. The van der Waals surface area contributed by atoms with Crippen LogP contribution in [0.2, 0.25) is 0 Å². The van der Waals surface area contributed by atoms with Crippen molar-refractivity contribution in [3.05, 3.63) is 52.5 Å². The number of hydrogen-bond donors (Lipinski definition) is 1. The molecule has 1 amide bonds. The first-order valence-electron chi connectivity index (χ1n) is 10.1. The number of carbonyl (C=O) groups is 1. The number of aryl methyl sites for hydroxylation is 1. The van der Waals surface area contributed by atoms with Crippen LogP contribution in [0, 0.1) is 23.1 Å². The summed E-state index contributed by atoms with van der Waals surface area (Å²) in [4.78, 5) is 14.6. The second-order valence-corrected chi connectivity index (χ2v) is 7.25. The number of halogens is 1. The maximum atomic E-state index is 13.0. The van der Waals surface area contributed by atoms with E-state index in [-0.39, 0.29) is 17.6 Å². The van der Waals surface area contributed by atoms with Crippen LogP contribution < -0.4 is 10.2 Å². The zero-order chi connectivity index (χ0) is 20.8. The molecular weight excluding hydrogens is 369 g/mol. The molecule has 1 fully saturated rings. The molecule has 0 aliphatic carbocycles. The molecule has 152 valence electrons. The number of rotatable bonds is 6. The molecule has 1 saturated heterocycles. The number of nitrogens with zero attached hydrogens (tertiary/aromatic N) is 4. The first-order valence-corrected chi connectivity index (χ1v) is 10.1. The SMILES string of the molecule is CCc1nnc(N2CCC(C(=O)NCc3ccc(F)cc3)CC2)c(C#N)c1CC. The van der Waals surface area contributed by atoms with Gasteiger partial charge in [-0.25, -0.2) is 4.39 Å². The number of benzene rings is 1. The minimum atomic E-state index is -0.287. The Hall–Kier alpha value is -3.01. The summed E-state index contributed by atoms with van der Waals surface area (Å²) in [5, 5.41) is 21.3. The molecule has 0 radical (unpaired) electrons. The fraction of sp³-hybridized carbons (Fsp3) is 0.455. The fourth-order valence-electron chi connectivity index (χ4n) is 3.79. The van der Waals surface area contributed by atoms with Crippen LogP contribution in [-0.2, 0) is 24.2 Å². The molecule has 2 heterocycles. The number of amides is 1. The first-order chi connectivity index (χ1) is 14.1. The smallest absolute Gasteiger partial charge is 0.223 e. The number of hydrogen-bond acceptors (Lipinski definition) is 5. The third kappa shape index (κ3) is 4.70. The van der Waals surface area contributed by atoms with Crippen molar-refractivity contribution in [1.82, 2.24) is 15.5 Å². The summed E-state index contributed by atoms with van der Waals surface area (Å²) in [6.07, 6.45) is 2.88. The summed E-state index contributed by atoms with van der Waals surface area (Å²) in [6.45, 7) is 5.75. The van der Waals surface area contributed by atoms with Gasteiger partial charge in [0, 0.05) is 25.6 Å². The largest absolute Gasteiger partial charge is 0.354 e. The molecule has 6 nitrogen and oxygen atoms in total. The molecule has 1 aliphatic heterocycles. The molecule has 7 heteroatoms. The van der Waals surface area contributed by atoms with Crippen LogP contribution >= 0.6 is 0 Å².